The van der Waals surface area contributed by atoms with E-state index in [-0.39, 0.29) is 55.3 Å². The van der Waals surface area contributed by atoms with Crippen LogP contribution in [0.15, 0.2) is 0 Å². The van der Waals surface area contributed by atoms with Gasteiger partial charge in [0, 0.05) is 13.1 Å². The Labute approximate surface area is 224 Å². The number of aliphatic hydroxyl groups is 5. The molecular formula is C30H55NO6. The van der Waals surface area contributed by atoms with E-state index < -0.39 is 6.41 Å². The number of nitrogens with zero attached hydrogens (tertiary/aromatic N) is 1. The van der Waals surface area contributed by atoms with Gasteiger partial charge >= 0.3 is 0 Å². The highest BCUT2D eigenvalue weighted by atomic mass is 16.6. The highest BCUT2D eigenvalue weighted by Crippen LogP contribution is 2.69. The molecule has 0 aliphatic heterocycles. The first-order valence-corrected chi connectivity index (χ1v) is 15.2. The zero-order valence-electron chi connectivity index (χ0n) is 23.8. The molecule has 0 spiro atoms. The van der Waals surface area contributed by atoms with Gasteiger partial charge in [-0.3, -0.25) is 4.90 Å². The summed E-state index contributed by atoms with van der Waals surface area (Å²) in [4.78, 5) is 1.55. The minimum Gasteiger partial charge on any atom is -0.395 e. The zero-order valence-corrected chi connectivity index (χ0v) is 23.8. The Morgan fingerprint density at radius 3 is 2.22 bits per heavy atom. The molecule has 2 unspecified atom stereocenters. The van der Waals surface area contributed by atoms with Crippen molar-refractivity contribution in [1.82, 2.24) is 4.90 Å². The van der Waals surface area contributed by atoms with E-state index in [1.165, 1.54) is 25.7 Å². The Bertz CT molecular complexity index is 733. The minimum absolute atomic E-state index is 0.0914. The maximum absolute atomic E-state index is 11.9. The highest BCUT2D eigenvalue weighted by molar-refractivity contribution is 5.13. The number of ether oxygens (including phenoxy) is 1. The van der Waals surface area contributed by atoms with Crippen LogP contribution in [0.2, 0.25) is 0 Å². The van der Waals surface area contributed by atoms with Crippen molar-refractivity contribution in [3.8, 4) is 0 Å². The van der Waals surface area contributed by atoms with Crippen LogP contribution in [-0.2, 0) is 4.74 Å². The van der Waals surface area contributed by atoms with Crippen LogP contribution >= 0.6 is 0 Å². The average Bonchev–Trinajstić information content (AvgIpc) is 3.22. The van der Waals surface area contributed by atoms with Crippen molar-refractivity contribution >= 4 is 0 Å². The predicted molar refractivity (Wildman–Crippen MR) is 143 cm³/mol. The Kier molecular flexibility index (Phi) is 9.69. The van der Waals surface area contributed by atoms with Gasteiger partial charge in [-0.2, -0.15) is 0 Å². The summed E-state index contributed by atoms with van der Waals surface area (Å²) in [6.45, 7) is 10.3. The van der Waals surface area contributed by atoms with Crippen LogP contribution in [0.1, 0.15) is 85.5 Å². The molecule has 12 atom stereocenters. The van der Waals surface area contributed by atoms with Gasteiger partial charge < -0.3 is 30.3 Å². The van der Waals surface area contributed by atoms with Crippen LogP contribution in [0.4, 0.5) is 0 Å². The summed E-state index contributed by atoms with van der Waals surface area (Å²) in [6, 6.07) is 0. The molecule has 0 heterocycles. The quantitative estimate of drug-likeness (QED) is 0.263. The van der Waals surface area contributed by atoms with Crippen LogP contribution < -0.4 is 0 Å². The van der Waals surface area contributed by atoms with Gasteiger partial charge in [-0.1, -0.05) is 34.1 Å². The Morgan fingerprint density at radius 2 is 1.57 bits per heavy atom. The number of rotatable bonds is 11. The Hall–Kier alpha value is -0.280. The molecular weight excluding hydrogens is 470 g/mol. The maximum Gasteiger partial charge on any atom is 0.216 e. The third-order valence-electron chi connectivity index (χ3n) is 12.1. The van der Waals surface area contributed by atoms with Crippen molar-refractivity contribution in [2.45, 2.75) is 104 Å². The van der Waals surface area contributed by atoms with E-state index in [0.29, 0.717) is 42.1 Å². The molecule has 0 aromatic heterocycles. The summed E-state index contributed by atoms with van der Waals surface area (Å²) in [5.74, 6) is 3.21. The van der Waals surface area contributed by atoms with Crippen LogP contribution in [-0.4, -0.2) is 82.0 Å². The number of hydrogen-bond donors (Lipinski definition) is 5. The molecule has 7 heteroatoms. The van der Waals surface area contributed by atoms with Crippen molar-refractivity contribution in [3.63, 3.8) is 0 Å². The van der Waals surface area contributed by atoms with E-state index in [1.807, 2.05) is 0 Å². The Morgan fingerprint density at radius 1 is 0.919 bits per heavy atom. The van der Waals surface area contributed by atoms with Crippen molar-refractivity contribution in [2.75, 3.05) is 32.9 Å². The summed E-state index contributed by atoms with van der Waals surface area (Å²) in [6.07, 6.45) is 7.91. The first-order chi connectivity index (χ1) is 17.6. The molecule has 37 heavy (non-hydrogen) atoms. The normalized spacial score (nSPS) is 45.2. The van der Waals surface area contributed by atoms with E-state index in [1.54, 1.807) is 4.90 Å². The second-order valence-electron chi connectivity index (χ2n) is 13.6. The molecule has 216 valence electrons. The maximum atomic E-state index is 11.9. The smallest absolute Gasteiger partial charge is 0.216 e. The first-order valence-electron chi connectivity index (χ1n) is 15.2. The van der Waals surface area contributed by atoms with E-state index in [2.05, 4.69) is 27.7 Å². The third-order valence-corrected chi connectivity index (χ3v) is 12.1. The molecule has 4 rings (SSSR count). The van der Waals surface area contributed by atoms with Gasteiger partial charge in [0.05, 0.1) is 32.0 Å². The fourth-order valence-corrected chi connectivity index (χ4v) is 10.2. The molecule has 0 amide bonds. The first kappa shape index (κ1) is 29.7. The van der Waals surface area contributed by atoms with E-state index in [4.69, 9.17) is 4.74 Å². The summed E-state index contributed by atoms with van der Waals surface area (Å²) < 4.78 is 5.72. The summed E-state index contributed by atoms with van der Waals surface area (Å²) in [5.41, 5.74) is 0.448. The molecule has 4 aliphatic rings. The lowest BCUT2D eigenvalue weighted by Crippen LogP contribution is -2.62. The lowest BCUT2D eigenvalue weighted by molar-refractivity contribution is -0.206. The topological polar surface area (TPSA) is 114 Å². The largest absolute Gasteiger partial charge is 0.395 e. The molecule has 4 fully saturated rings. The standard InChI is InChI=1S/C30H55NO6/c1-5-21-25-18-20(34)8-11-30(25,4)24-9-12-29(3)22(6-7-23(29)26(24)27(21)35)19(2)10-17-37-28(36)31(13-15-32)14-16-33/h19-28,32-36H,5-18H2,1-4H3/t19-,20-,21-,22-,23+,24+,25+,26?,27-,28?,29-,30-/m1/s1. The summed E-state index contributed by atoms with van der Waals surface area (Å²) >= 11 is 0. The van der Waals surface area contributed by atoms with E-state index >= 15 is 0 Å². The molecule has 7 nitrogen and oxygen atoms in total. The monoisotopic (exact) mass is 525 g/mol. The number of hydrogen-bond acceptors (Lipinski definition) is 7. The molecule has 5 N–H and O–H groups in total. The van der Waals surface area contributed by atoms with Gasteiger partial charge in [0.25, 0.3) is 0 Å². The van der Waals surface area contributed by atoms with Crippen molar-refractivity contribution in [1.29, 1.82) is 0 Å². The Balaban J connectivity index is 1.43. The fourth-order valence-electron chi connectivity index (χ4n) is 10.2. The lowest BCUT2D eigenvalue weighted by Gasteiger charge is -2.64. The SMILES string of the molecule is CC[C@H]1[C@@H](O)C2[C@@H]3CC[C@H]([C@H](C)CCOC(O)N(CCO)CCO)[C@@]3(C)CC[C@@H]2[C@@]2(C)CC[C@@H](O)C[C@@H]12. The molecule has 0 saturated heterocycles. The van der Waals surface area contributed by atoms with Crippen LogP contribution in [0.5, 0.6) is 0 Å². The van der Waals surface area contributed by atoms with Crippen molar-refractivity contribution < 1.29 is 30.3 Å². The van der Waals surface area contributed by atoms with Crippen LogP contribution in [0.3, 0.4) is 0 Å². The summed E-state index contributed by atoms with van der Waals surface area (Å²) in [5, 5.41) is 51.2. The minimum atomic E-state index is -1.11. The van der Waals surface area contributed by atoms with Gasteiger partial charge in [-0.15, -0.1) is 0 Å². The molecule has 0 bridgehead atoms. The molecule has 0 radical (unpaired) electrons. The summed E-state index contributed by atoms with van der Waals surface area (Å²) in [7, 11) is 0. The van der Waals surface area contributed by atoms with Crippen molar-refractivity contribution in [3.05, 3.63) is 0 Å². The molecule has 0 aromatic rings. The highest BCUT2D eigenvalue weighted by Gasteiger charge is 2.64. The van der Waals surface area contributed by atoms with Gasteiger partial charge in [0.1, 0.15) is 0 Å². The third kappa shape index (κ3) is 5.40. The number of aliphatic hydroxyl groups excluding tert-OH is 5. The second-order valence-corrected chi connectivity index (χ2v) is 13.6. The zero-order chi connectivity index (χ0) is 27.0. The van der Waals surface area contributed by atoms with Crippen LogP contribution in [0.25, 0.3) is 0 Å². The van der Waals surface area contributed by atoms with E-state index in [0.717, 1.165) is 32.1 Å². The van der Waals surface area contributed by atoms with Crippen molar-refractivity contribution in [2.24, 2.45) is 52.3 Å². The van der Waals surface area contributed by atoms with E-state index in [9.17, 15) is 25.5 Å². The average molecular weight is 526 g/mol. The lowest BCUT2D eigenvalue weighted by atomic mass is 9.41. The number of fused-ring (bicyclic) bond motifs is 5. The molecule has 0 aromatic carbocycles. The van der Waals surface area contributed by atoms with Gasteiger partial charge in [0.2, 0.25) is 6.41 Å². The van der Waals surface area contributed by atoms with Gasteiger partial charge in [-0.05, 0) is 104 Å². The molecule has 4 saturated carbocycles. The predicted octanol–water partition coefficient (Wildman–Crippen LogP) is 3.22. The van der Waals surface area contributed by atoms with Gasteiger partial charge in [0.15, 0.2) is 0 Å². The van der Waals surface area contributed by atoms with Gasteiger partial charge in [-0.25, -0.2) is 0 Å². The van der Waals surface area contributed by atoms with Crippen LogP contribution in [0, 0.1) is 52.3 Å². The fraction of sp³-hybridized carbons (Fsp3) is 1.00. The molecule has 4 aliphatic carbocycles. The second kappa shape index (κ2) is 12.1.